The van der Waals surface area contributed by atoms with Crippen molar-refractivity contribution in [1.82, 2.24) is 0 Å². The molecule has 0 saturated heterocycles. The van der Waals surface area contributed by atoms with Crippen molar-refractivity contribution in [2.75, 3.05) is 17.6 Å². The van der Waals surface area contributed by atoms with Crippen LogP contribution in [0.4, 0.5) is 0 Å². The van der Waals surface area contributed by atoms with Gasteiger partial charge in [-0.25, -0.2) is 4.57 Å². The summed E-state index contributed by atoms with van der Waals surface area (Å²) in [6.07, 6.45) is 1.28. The monoisotopic (exact) mass is 450 g/mol. The average molecular weight is 453 g/mol. The molecule has 140 valence electrons. The molecule has 0 aliphatic rings. The number of rotatable bonds is 12. The van der Waals surface area contributed by atoms with Gasteiger partial charge in [0, 0.05) is 33.8 Å². The van der Waals surface area contributed by atoms with Crippen LogP contribution in [0, 0.1) is 5.41 Å². The minimum Gasteiger partial charge on any atom is -0.303 e. The molecule has 0 bridgehead atoms. The smallest absolute Gasteiger partial charge is 0.303 e. The minimum absolute atomic E-state index is 0.105. The first-order chi connectivity index (χ1) is 10.5. The maximum absolute atomic E-state index is 11.7. The predicted octanol–water partition coefficient (Wildman–Crippen LogP) is 5.35. The summed E-state index contributed by atoms with van der Waals surface area (Å²) < 4.78 is 17.0. The van der Waals surface area contributed by atoms with Crippen LogP contribution >= 0.6 is 65.8 Å². The summed E-state index contributed by atoms with van der Waals surface area (Å²) >= 11 is 30.2. The van der Waals surface area contributed by atoms with Gasteiger partial charge in [0.25, 0.3) is 0 Å². The second-order valence-corrected chi connectivity index (χ2v) is 8.89. The van der Waals surface area contributed by atoms with Gasteiger partial charge in [-0.2, -0.15) is 0 Å². The van der Waals surface area contributed by atoms with Crippen LogP contribution in [0.1, 0.15) is 39.5 Å². The third-order valence-corrected chi connectivity index (χ3v) is 7.08. The predicted molar refractivity (Wildman–Crippen MR) is 99.6 cm³/mol. The summed E-state index contributed by atoms with van der Waals surface area (Å²) in [5, 5.41) is -1.11. The first kappa shape index (κ1) is 24.6. The van der Waals surface area contributed by atoms with E-state index in [1.165, 1.54) is 0 Å². The van der Waals surface area contributed by atoms with Crippen LogP contribution in [0.2, 0.25) is 0 Å². The van der Waals surface area contributed by atoms with E-state index < -0.39 is 29.6 Å². The maximum Gasteiger partial charge on any atom is 0.470 e. The van der Waals surface area contributed by atoms with Crippen LogP contribution in [0.5, 0.6) is 0 Å². The third-order valence-electron chi connectivity index (χ3n) is 4.31. The number of hydrogen-bond acceptors (Lipinski definition) is 2. The van der Waals surface area contributed by atoms with Gasteiger partial charge in [0.15, 0.2) is 0 Å². The fourth-order valence-corrected chi connectivity index (χ4v) is 5.08. The van der Waals surface area contributed by atoms with Crippen LogP contribution in [-0.4, -0.2) is 43.8 Å². The molecular weight excluding hydrogens is 428 g/mol. The summed E-state index contributed by atoms with van der Waals surface area (Å²) in [4.78, 5) is 18.9. The zero-order chi connectivity index (χ0) is 18.3. The Morgan fingerprint density at radius 1 is 1.00 bits per heavy atom. The molecule has 0 aromatic rings. The van der Waals surface area contributed by atoms with E-state index in [9.17, 15) is 14.4 Å². The molecule has 0 aromatic heterocycles. The lowest BCUT2D eigenvalue weighted by Crippen LogP contribution is -2.53. The molecule has 10 heteroatoms. The van der Waals surface area contributed by atoms with Crippen LogP contribution in [-0.2, 0) is 9.09 Å². The Kier molecular flexibility index (Phi) is 11.4. The zero-order valence-corrected chi connectivity index (χ0v) is 17.8. The van der Waals surface area contributed by atoms with Crippen molar-refractivity contribution < 1.29 is 18.9 Å². The fraction of sp³-hybridized carbons (Fsp3) is 1.00. The lowest BCUT2D eigenvalue weighted by atomic mass is 9.65. The van der Waals surface area contributed by atoms with Crippen molar-refractivity contribution in [1.29, 1.82) is 0 Å². The van der Waals surface area contributed by atoms with Gasteiger partial charge in [0.2, 0.25) is 0 Å². The molecule has 0 heterocycles. The van der Waals surface area contributed by atoms with E-state index in [2.05, 4.69) is 0 Å². The van der Waals surface area contributed by atoms with Gasteiger partial charge in [0.05, 0.1) is 5.60 Å². The highest BCUT2D eigenvalue weighted by molar-refractivity contribution is 7.46. The molecule has 0 radical (unpaired) electrons. The van der Waals surface area contributed by atoms with E-state index in [-0.39, 0.29) is 30.5 Å². The molecule has 4 nitrogen and oxygen atoms in total. The molecule has 2 atom stereocenters. The quantitative estimate of drug-likeness (QED) is 0.309. The van der Waals surface area contributed by atoms with Crippen molar-refractivity contribution in [3.05, 3.63) is 0 Å². The molecular formula is C13H24Cl5O4P. The highest BCUT2D eigenvalue weighted by Crippen LogP contribution is 2.56. The SMILES string of the molecule is CCC(CC)(CCl)C(CC(Cl)CCl)(CC(Cl)CCl)OP(=O)(O)O. The van der Waals surface area contributed by atoms with Crippen molar-refractivity contribution in [3.8, 4) is 0 Å². The highest BCUT2D eigenvalue weighted by atomic mass is 35.5. The first-order valence-electron chi connectivity index (χ1n) is 7.27. The molecule has 0 rings (SSSR count). The first-order valence-corrected chi connectivity index (χ1v) is 11.3. The Balaban J connectivity index is 6.13. The van der Waals surface area contributed by atoms with Gasteiger partial charge in [-0.1, -0.05) is 13.8 Å². The van der Waals surface area contributed by atoms with E-state index in [1.54, 1.807) is 0 Å². The molecule has 0 amide bonds. The van der Waals surface area contributed by atoms with Gasteiger partial charge in [0.1, 0.15) is 0 Å². The van der Waals surface area contributed by atoms with Gasteiger partial charge >= 0.3 is 7.82 Å². The van der Waals surface area contributed by atoms with Gasteiger partial charge in [-0.05, 0) is 25.7 Å². The number of halogens is 5. The van der Waals surface area contributed by atoms with E-state index >= 15 is 0 Å². The van der Waals surface area contributed by atoms with Gasteiger partial charge in [-0.3, -0.25) is 4.52 Å². The average Bonchev–Trinajstić information content (AvgIpc) is 2.47. The van der Waals surface area contributed by atoms with Crippen LogP contribution in [0.15, 0.2) is 0 Å². The van der Waals surface area contributed by atoms with Crippen molar-refractivity contribution in [2.24, 2.45) is 5.41 Å². The molecule has 0 aromatic carbocycles. The van der Waals surface area contributed by atoms with E-state index in [0.29, 0.717) is 12.8 Å². The lowest BCUT2D eigenvalue weighted by Gasteiger charge is -2.50. The zero-order valence-electron chi connectivity index (χ0n) is 13.2. The standard InChI is InChI=1S/C13H24Cl5O4P/c1-3-12(4-2,9-16)13(5-10(17)7-14,6-11(18)8-15)22-23(19,20)21/h10-11H,3-9H2,1-2H3,(H2,19,20,21). The summed E-state index contributed by atoms with van der Waals surface area (Å²) in [7, 11) is -4.82. The summed E-state index contributed by atoms with van der Waals surface area (Å²) in [6.45, 7) is 3.77. The Bertz CT molecular complexity index is 368. The van der Waals surface area contributed by atoms with E-state index in [1.807, 2.05) is 13.8 Å². The number of alkyl halides is 5. The normalized spacial score (nSPS) is 18.5. The van der Waals surface area contributed by atoms with Crippen LogP contribution < -0.4 is 0 Å². The molecule has 0 aliphatic heterocycles. The summed E-state index contributed by atoms with van der Waals surface area (Å²) in [5.41, 5.74) is -2.06. The van der Waals surface area contributed by atoms with Crippen molar-refractivity contribution in [3.63, 3.8) is 0 Å². The second-order valence-electron chi connectivity index (χ2n) is 5.61. The molecule has 0 saturated carbocycles. The Morgan fingerprint density at radius 3 is 1.61 bits per heavy atom. The Hall–Kier alpha value is 1.56. The van der Waals surface area contributed by atoms with Gasteiger partial charge in [-0.15, -0.1) is 58.0 Å². The van der Waals surface area contributed by atoms with Gasteiger partial charge < -0.3 is 9.79 Å². The van der Waals surface area contributed by atoms with Crippen LogP contribution in [0.25, 0.3) is 0 Å². The summed E-state index contributed by atoms with van der Waals surface area (Å²) in [6, 6.07) is 0. The van der Waals surface area contributed by atoms with E-state index in [4.69, 9.17) is 62.5 Å². The largest absolute Gasteiger partial charge is 0.470 e. The Morgan fingerprint density at radius 2 is 1.39 bits per heavy atom. The second kappa shape index (κ2) is 10.6. The fourth-order valence-electron chi connectivity index (χ4n) is 2.95. The molecule has 0 spiro atoms. The van der Waals surface area contributed by atoms with E-state index in [0.717, 1.165) is 0 Å². The summed E-state index contributed by atoms with van der Waals surface area (Å²) in [5.74, 6) is 0.346. The third kappa shape index (κ3) is 7.00. The molecule has 0 fully saturated rings. The molecule has 2 unspecified atom stereocenters. The Labute approximate surface area is 163 Å². The molecule has 2 N–H and O–H groups in total. The minimum atomic E-state index is -4.82. The molecule has 0 aliphatic carbocycles. The number of hydrogen-bond donors (Lipinski definition) is 2. The topological polar surface area (TPSA) is 66.8 Å². The van der Waals surface area contributed by atoms with Crippen molar-refractivity contribution >= 4 is 65.8 Å². The lowest BCUT2D eigenvalue weighted by molar-refractivity contribution is -0.0834. The number of phosphoric acid groups is 1. The van der Waals surface area contributed by atoms with Crippen molar-refractivity contribution in [2.45, 2.75) is 55.9 Å². The molecule has 23 heavy (non-hydrogen) atoms. The number of phosphoric ester groups is 1. The maximum atomic E-state index is 11.7. The highest BCUT2D eigenvalue weighted by Gasteiger charge is 2.54. The van der Waals surface area contributed by atoms with Crippen LogP contribution in [0.3, 0.4) is 0 Å².